The van der Waals surface area contributed by atoms with Crippen molar-refractivity contribution in [3.63, 3.8) is 0 Å². The van der Waals surface area contributed by atoms with Crippen LogP contribution in [-0.2, 0) is 22.5 Å². The summed E-state index contributed by atoms with van der Waals surface area (Å²) in [7, 11) is 1.97. The number of amides is 1. The number of aromatic nitrogens is 1. The smallest absolute Gasteiger partial charge is 0.340 e. The molecule has 1 atom stereocenters. The van der Waals surface area contributed by atoms with E-state index in [0.717, 1.165) is 23.9 Å². The van der Waals surface area contributed by atoms with Crippen molar-refractivity contribution < 1.29 is 19.2 Å². The Bertz CT molecular complexity index is 1560. The summed E-state index contributed by atoms with van der Waals surface area (Å²) >= 11 is 6.19. The largest absolute Gasteiger partial charge is 0.444 e. The number of rotatable bonds is 6. The quantitative estimate of drug-likeness (QED) is 0.204. The highest BCUT2D eigenvalue weighted by molar-refractivity contribution is 6.34. The van der Waals surface area contributed by atoms with Crippen LogP contribution in [0.5, 0.6) is 0 Å². The number of pyridine rings is 1. The number of para-hydroxylation sites is 1. The minimum atomic E-state index is -1.31. The molecule has 0 fully saturated rings. The van der Waals surface area contributed by atoms with Gasteiger partial charge in [0.05, 0.1) is 26.7 Å². The molecule has 10 heteroatoms. The number of hydrogen-bond acceptors (Lipinski definition) is 7. The predicted octanol–water partition coefficient (Wildman–Crippen LogP) is 5.32. The number of likely N-dealkylation sites (N-methyl/N-ethyl adjacent to an activating group) is 1. The standard InChI is InChI=1S/C28H23ClN4O5/c1-32-14-13-23-20(16-32)25(19-9-5-6-10-22(19)30-23)28(35)38-26(17-7-3-2-4-8-17)27(34)31-24-12-11-18(33(36)37)15-21(24)29/h2-12,15,26H,13-14,16H2,1H3,(H,31,34). The Morgan fingerprint density at radius 2 is 1.84 bits per heavy atom. The summed E-state index contributed by atoms with van der Waals surface area (Å²) in [6.07, 6.45) is -0.614. The lowest BCUT2D eigenvalue weighted by atomic mass is 9.96. The van der Waals surface area contributed by atoms with Gasteiger partial charge in [-0.05, 0) is 19.2 Å². The molecule has 1 N–H and O–H groups in total. The Morgan fingerprint density at radius 3 is 2.58 bits per heavy atom. The van der Waals surface area contributed by atoms with Crippen molar-refractivity contribution in [1.82, 2.24) is 9.88 Å². The highest BCUT2D eigenvalue weighted by Gasteiger charge is 2.31. The number of nitrogens with one attached hydrogen (secondary N) is 1. The first-order valence-corrected chi connectivity index (χ1v) is 12.3. The summed E-state index contributed by atoms with van der Waals surface area (Å²) in [4.78, 5) is 44.6. The van der Waals surface area contributed by atoms with E-state index in [1.807, 2.05) is 31.3 Å². The van der Waals surface area contributed by atoms with Gasteiger partial charge in [-0.3, -0.25) is 19.9 Å². The topological polar surface area (TPSA) is 115 Å². The number of anilines is 1. The lowest BCUT2D eigenvalue weighted by molar-refractivity contribution is -0.384. The third kappa shape index (κ3) is 5.06. The summed E-state index contributed by atoms with van der Waals surface area (Å²) in [5.41, 5.74) is 3.10. The first kappa shape index (κ1) is 25.3. The van der Waals surface area contributed by atoms with Crippen LogP contribution in [0.2, 0.25) is 5.02 Å². The van der Waals surface area contributed by atoms with Gasteiger partial charge >= 0.3 is 5.97 Å². The van der Waals surface area contributed by atoms with E-state index in [4.69, 9.17) is 21.3 Å². The molecular formula is C28H23ClN4O5. The van der Waals surface area contributed by atoms with Crippen LogP contribution in [0.1, 0.15) is 33.3 Å². The fraction of sp³-hybridized carbons (Fsp3) is 0.179. The molecule has 1 aromatic heterocycles. The summed E-state index contributed by atoms with van der Waals surface area (Å²) in [5.74, 6) is -1.29. The third-order valence-electron chi connectivity index (χ3n) is 6.43. The van der Waals surface area contributed by atoms with Crippen molar-refractivity contribution >= 4 is 45.8 Å². The van der Waals surface area contributed by atoms with E-state index in [0.29, 0.717) is 35.0 Å². The number of carbonyl (C=O) groups excluding carboxylic acids is 2. The van der Waals surface area contributed by atoms with Crippen LogP contribution in [0.25, 0.3) is 10.9 Å². The maximum atomic E-state index is 13.8. The van der Waals surface area contributed by atoms with Gasteiger partial charge in [0.1, 0.15) is 0 Å². The van der Waals surface area contributed by atoms with Crippen molar-refractivity contribution in [3.8, 4) is 0 Å². The molecule has 0 radical (unpaired) electrons. The maximum Gasteiger partial charge on any atom is 0.340 e. The first-order chi connectivity index (χ1) is 18.3. The minimum Gasteiger partial charge on any atom is -0.444 e. The number of fused-ring (bicyclic) bond motifs is 2. The molecule has 2 heterocycles. The van der Waals surface area contributed by atoms with Crippen LogP contribution in [-0.4, -0.2) is 40.3 Å². The zero-order valence-electron chi connectivity index (χ0n) is 20.4. The Balaban J connectivity index is 1.52. The average molecular weight is 531 g/mol. The summed E-state index contributed by atoms with van der Waals surface area (Å²) < 4.78 is 5.92. The number of nitro groups is 1. The number of nitro benzene ring substituents is 1. The molecular weight excluding hydrogens is 508 g/mol. The van der Waals surface area contributed by atoms with Gasteiger partial charge in [-0.1, -0.05) is 60.1 Å². The van der Waals surface area contributed by atoms with Crippen LogP contribution in [0.15, 0.2) is 72.8 Å². The van der Waals surface area contributed by atoms with E-state index < -0.39 is 22.9 Å². The lowest BCUT2D eigenvalue weighted by Crippen LogP contribution is -2.31. The van der Waals surface area contributed by atoms with Crippen molar-refractivity contribution in [3.05, 3.63) is 110 Å². The van der Waals surface area contributed by atoms with Gasteiger partial charge in [0.25, 0.3) is 11.6 Å². The Kier molecular flexibility index (Phi) is 7.04. The Labute approximate surface area is 223 Å². The van der Waals surface area contributed by atoms with E-state index in [1.165, 1.54) is 12.1 Å². The molecule has 1 amide bonds. The summed E-state index contributed by atoms with van der Waals surface area (Å²) in [6.45, 7) is 1.34. The molecule has 0 saturated heterocycles. The van der Waals surface area contributed by atoms with E-state index in [9.17, 15) is 19.7 Å². The van der Waals surface area contributed by atoms with E-state index in [2.05, 4.69) is 10.2 Å². The zero-order valence-corrected chi connectivity index (χ0v) is 21.1. The fourth-order valence-electron chi connectivity index (χ4n) is 4.54. The second kappa shape index (κ2) is 10.6. The maximum absolute atomic E-state index is 13.8. The van der Waals surface area contributed by atoms with E-state index in [-0.39, 0.29) is 16.4 Å². The second-order valence-corrected chi connectivity index (χ2v) is 9.43. The zero-order chi connectivity index (χ0) is 26.8. The first-order valence-electron chi connectivity index (χ1n) is 11.9. The van der Waals surface area contributed by atoms with Gasteiger partial charge in [0.2, 0.25) is 6.10 Å². The number of hydrogen-bond donors (Lipinski definition) is 1. The van der Waals surface area contributed by atoms with E-state index >= 15 is 0 Å². The highest BCUT2D eigenvalue weighted by atomic mass is 35.5. The van der Waals surface area contributed by atoms with Crippen molar-refractivity contribution in [2.75, 3.05) is 18.9 Å². The van der Waals surface area contributed by atoms with Crippen molar-refractivity contribution in [2.45, 2.75) is 19.1 Å². The van der Waals surface area contributed by atoms with Crippen LogP contribution in [0.4, 0.5) is 11.4 Å². The molecule has 192 valence electrons. The molecule has 1 aliphatic heterocycles. The second-order valence-electron chi connectivity index (χ2n) is 9.02. The number of carbonyl (C=O) groups is 2. The lowest BCUT2D eigenvalue weighted by Gasteiger charge is -2.27. The molecule has 5 rings (SSSR count). The number of nitrogens with zero attached hydrogens (tertiary/aromatic N) is 3. The predicted molar refractivity (Wildman–Crippen MR) is 143 cm³/mol. The molecule has 38 heavy (non-hydrogen) atoms. The van der Waals surface area contributed by atoms with Crippen LogP contribution >= 0.6 is 11.6 Å². The molecule has 1 unspecified atom stereocenters. The Morgan fingerprint density at radius 1 is 1.11 bits per heavy atom. The fourth-order valence-corrected chi connectivity index (χ4v) is 4.76. The Hall–Kier alpha value is -4.34. The van der Waals surface area contributed by atoms with Crippen LogP contribution in [0.3, 0.4) is 0 Å². The van der Waals surface area contributed by atoms with Gasteiger partial charge in [0.15, 0.2) is 0 Å². The summed E-state index contributed by atoms with van der Waals surface area (Å²) in [6, 6.07) is 19.7. The number of ether oxygens (including phenoxy) is 1. The molecule has 0 bridgehead atoms. The van der Waals surface area contributed by atoms with E-state index in [1.54, 1.807) is 30.3 Å². The molecule has 0 spiro atoms. The molecule has 0 saturated carbocycles. The molecule has 9 nitrogen and oxygen atoms in total. The number of halogens is 1. The van der Waals surface area contributed by atoms with Crippen LogP contribution < -0.4 is 5.32 Å². The summed E-state index contributed by atoms with van der Waals surface area (Å²) in [5, 5.41) is 14.3. The molecule has 3 aromatic carbocycles. The van der Waals surface area contributed by atoms with Gasteiger partial charge in [0, 0.05) is 53.9 Å². The highest BCUT2D eigenvalue weighted by Crippen LogP contribution is 2.32. The van der Waals surface area contributed by atoms with Crippen molar-refractivity contribution in [2.24, 2.45) is 0 Å². The van der Waals surface area contributed by atoms with Crippen molar-refractivity contribution in [1.29, 1.82) is 0 Å². The third-order valence-corrected chi connectivity index (χ3v) is 6.74. The minimum absolute atomic E-state index is 0.0112. The normalized spacial score (nSPS) is 13.9. The number of benzene rings is 3. The van der Waals surface area contributed by atoms with Crippen LogP contribution in [0, 0.1) is 10.1 Å². The molecule has 0 aliphatic carbocycles. The SMILES string of the molecule is CN1CCc2nc3ccccc3c(C(=O)OC(C(=O)Nc3ccc([N+](=O)[O-])cc3Cl)c3ccccc3)c2C1. The number of non-ortho nitro benzene ring substituents is 1. The van der Waals surface area contributed by atoms with Gasteiger partial charge in [-0.25, -0.2) is 4.79 Å². The average Bonchev–Trinajstić information content (AvgIpc) is 2.91. The van der Waals surface area contributed by atoms with Gasteiger partial charge in [-0.15, -0.1) is 0 Å². The van der Waals surface area contributed by atoms with Gasteiger partial charge < -0.3 is 15.0 Å². The molecule has 1 aliphatic rings. The monoisotopic (exact) mass is 530 g/mol. The van der Waals surface area contributed by atoms with Gasteiger partial charge in [-0.2, -0.15) is 0 Å². The molecule has 4 aromatic rings. The number of esters is 1.